The average Bonchev–Trinajstić information content (AvgIpc) is 2.78. The van der Waals surface area contributed by atoms with E-state index in [1.54, 1.807) is 6.20 Å². The smallest absolute Gasteiger partial charge is 0.0449 e. The SMILES string of the molecule is C=CN(/C=C\C)c1ccc(/C(C)=C/CC(=C)C)cc1.CC.CCc1ccc(C)cc1. The van der Waals surface area contributed by atoms with E-state index in [4.69, 9.17) is 0 Å². The summed E-state index contributed by atoms with van der Waals surface area (Å²) in [5.41, 5.74) is 7.58. The molecule has 0 aliphatic carbocycles. The zero-order valence-electron chi connectivity index (χ0n) is 20.2. The van der Waals surface area contributed by atoms with Crippen LogP contribution >= 0.6 is 0 Å². The molecule has 0 heterocycles. The highest BCUT2D eigenvalue weighted by atomic mass is 15.1. The van der Waals surface area contributed by atoms with Crippen molar-refractivity contribution in [3.8, 4) is 0 Å². The molecular formula is C29H41N. The zero-order chi connectivity index (χ0) is 22.9. The molecule has 0 spiro atoms. The van der Waals surface area contributed by atoms with Gasteiger partial charge in [-0.1, -0.05) is 93.6 Å². The Hall–Kier alpha value is -2.80. The number of anilines is 1. The van der Waals surface area contributed by atoms with Crippen LogP contribution in [-0.4, -0.2) is 0 Å². The maximum absolute atomic E-state index is 3.92. The first-order chi connectivity index (χ1) is 14.4. The van der Waals surface area contributed by atoms with Gasteiger partial charge >= 0.3 is 0 Å². The minimum atomic E-state index is 0.935. The Morgan fingerprint density at radius 2 is 1.53 bits per heavy atom. The van der Waals surface area contributed by atoms with Crippen LogP contribution < -0.4 is 4.90 Å². The highest BCUT2D eigenvalue weighted by Crippen LogP contribution is 2.21. The van der Waals surface area contributed by atoms with Gasteiger partial charge in [0.2, 0.25) is 0 Å². The summed E-state index contributed by atoms with van der Waals surface area (Å²) < 4.78 is 0. The summed E-state index contributed by atoms with van der Waals surface area (Å²) in [4.78, 5) is 2.00. The van der Waals surface area contributed by atoms with Crippen LogP contribution in [0.15, 0.2) is 91.8 Å². The molecule has 2 aromatic rings. The van der Waals surface area contributed by atoms with Gasteiger partial charge in [0.25, 0.3) is 0 Å². The van der Waals surface area contributed by atoms with Gasteiger partial charge in [-0.2, -0.15) is 0 Å². The van der Waals surface area contributed by atoms with Gasteiger partial charge in [-0.15, -0.1) is 0 Å². The van der Waals surface area contributed by atoms with Gasteiger partial charge < -0.3 is 4.90 Å². The van der Waals surface area contributed by atoms with Gasteiger partial charge in [-0.25, -0.2) is 0 Å². The van der Waals surface area contributed by atoms with Crippen molar-refractivity contribution in [1.82, 2.24) is 0 Å². The van der Waals surface area contributed by atoms with Gasteiger partial charge in [0.1, 0.15) is 0 Å². The second kappa shape index (κ2) is 16.0. The van der Waals surface area contributed by atoms with Gasteiger partial charge in [0.15, 0.2) is 0 Å². The summed E-state index contributed by atoms with van der Waals surface area (Å²) >= 11 is 0. The molecule has 0 atom stereocenters. The van der Waals surface area contributed by atoms with Crippen molar-refractivity contribution in [2.75, 3.05) is 4.90 Å². The lowest BCUT2D eigenvalue weighted by atomic mass is 10.0. The summed E-state index contributed by atoms with van der Waals surface area (Å²) in [6.45, 7) is 22.2. The Balaban J connectivity index is 0.000000636. The Kier molecular flexibility index (Phi) is 14.5. The van der Waals surface area contributed by atoms with Crippen LogP contribution in [-0.2, 0) is 6.42 Å². The predicted molar refractivity (Wildman–Crippen MR) is 139 cm³/mol. The molecule has 0 aliphatic heterocycles. The van der Waals surface area contributed by atoms with E-state index in [1.807, 2.05) is 44.9 Å². The molecule has 0 unspecified atom stereocenters. The number of aryl methyl sites for hydroxylation is 2. The van der Waals surface area contributed by atoms with Crippen molar-refractivity contribution in [3.63, 3.8) is 0 Å². The Morgan fingerprint density at radius 1 is 0.967 bits per heavy atom. The molecule has 0 bridgehead atoms. The minimum absolute atomic E-state index is 0.935. The maximum Gasteiger partial charge on any atom is 0.0449 e. The lowest BCUT2D eigenvalue weighted by Crippen LogP contribution is -2.05. The number of hydrogen-bond donors (Lipinski definition) is 0. The van der Waals surface area contributed by atoms with Crippen molar-refractivity contribution in [1.29, 1.82) is 0 Å². The van der Waals surface area contributed by atoms with Crippen molar-refractivity contribution in [2.45, 2.75) is 61.3 Å². The number of allylic oxidation sites excluding steroid dienone is 4. The third kappa shape index (κ3) is 10.7. The number of rotatable bonds is 7. The number of benzene rings is 2. The molecule has 0 saturated heterocycles. The topological polar surface area (TPSA) is 3.24 Å². The average molecular weight is 404 g/mol. The molecule has 0 aromatic heterocycles. The summed E-state index contributed by atoms with van der Waals surface area (Å²) in [6.07, 6.45) is 10.1. The molecule has 162 valence electrons. The van der Waals surface area contributed by atoms with E-state index < -0.39 is 0 Å². The third-order valence-corrected chi connectivity index (χ3v) is 4.41. The lowest BCUT2D eigenvalue weighted by Gasteiger charge is -2.15. The van der Waals surface area contributed by atoms with Crippen LogP contribution in [0.25, 0.3) is 5.57 Å². The number of nitrogens with zero attached hydrogens (tertiary/aromatic N) is 1. The summed E-state index contributed by atoms with van der Waals surface area (Å²) in [5, 5.41) is 0. The fraction of sp³-hybridized carbons (Fsp3) is 0.310. The highest BCUT2D eigenvalue weighted by Gasteiger charge is 2.00. The van der Waals surface area contributed by atoms with Crippen LogP contribution in [0.5, 0.6) is 0 Å². The monoisotopic (exact) mass is 403 g/mol. The summed E-state index contributed by atoms with van der Waals surface area (Å²) in [5.74, 6) is 0. The van der Waals surface area contributed by atoms with Gasteiger partial charge in [-0.05, 0) is 69.4 Å². The van der Waals surface area contributed by atoms with Crippen LogP contribution in [0, 0.1) is 6.92 Å². The largest absolute Gasteiger partial charge is 0.325 e. The molecule has 1 heteroatoms. The summed E-state index contributed by atoms with van der Waals surface area (Å²) in [7, 11) is 0. The second-order valence-corrected chi connectivity index (χ2v) is 7.01. The van der Waals surface area contributed by atoms with Crippen molar-refractivity contribution < 1.29 is 0 Å². The van der Waals surface area contributed by atoms with E-state index in [-0.39, 0.29) is 0 Å². The van der Waals surface area contributed by atoms with Crippen molar-refractivity contribution in [2.24, 2.45) is 0 Å². The van der Waals surface area contributed by atoms with Crippen LogP contribution in [0.1, 0.15) is 64.7 Å². The maximum atomic E-state index is 3.92. The molecule has 0 saturated carbocycles. The molecule has 1 nitrogen and oxygen atoms in total. The van der Waals surface area contributed by atoms with E-state index >= 15 is 0 Å². The van der Waals surface area contributed by atoms with Gasteiger partial charge in [0.05, 0.1) is 0 Å². The Labute approximate surface area is 186 Å². The van der Waals surface area contributed by atoms with E-state index in [9.17, 15) is 0 Å². The van der Waals surface area contributed by atoms with E-state index in [1.165, 1.54) is 27.8 Å². The fourth-order valence-electron chi connectivity index (χ4n) is 2.58. The fourth-order valence-corrected chi connectivity index (χ4v) is 2.58. The molecule has 0 aliphatic rings. The van der Waals surface area contributed by atoms with E-state index in [0.717, 1.165) is 18.5 Å². The summed E-state index contributed by atoms with van der Waals surface area (Å²) in [6, 6.07) is 17.1. The Bertz CT molecular complexity index is 789. The molecular weight excluding hydrogens is 362 g/mol. The first kappa shape index (κ1) is 27.2. The normalized spacial score (nSPS) is 10.4. The Morgan fingerprint density at radius 3 is 1.97 bits per heavy atom. The molecule has 0 N–H and O–H groups in total. The lowest BCUT2D eigenvalue weighted by molar-refractivity contribution is 1.14. The zero-order valence-corrected chi connectivity index (χ0v) is 20.2. The predicted octanol–water partition coefficient (Wildman–Crippen LogP) is 9.12. The molecule has 2 rings (SSSR count). The van der Waals surface area contributed by atoms with E-state index in [2.05, 4.69) is 88.5 Å². The number of hydrogen-bond acceptors (Lipinski definition) is 1. The van der Waals surface area contributed by atoms with Crippen LogP contribution in [0.3, 0.4) is 0 Å². The van der Waals surface area contributed by atoms with Gasteiger partial charge in [-0.3, -0.25) is 0 Å². The molecule has 30 heavy (non-hydrogen) atoms. The molecule has 0 fully saturated rings. The van der Waals surface area contributed by atoms with Crippen LogP contribution in [0.4, 0.5) is 5.69 Å². The first-order valence-electron chi connectivity index (χ1n) is 10.9. The molecule has 2 aromatic carbocycles. The van der Waals surface area contributed by atoms with Crippen molar-refractivity contribution >= 4 is 11.3 Å². The van der Waals surface area contributed by atoms with E-state index in [0.29, 0.717) is 0 Å². The standard InChI is InChI=1S/C18H23N.C9H12.C2H6/c1-6-14-19(7-2)18-12-10-17(11-13-18)16(5)9-8-15(3)4;1-3-9-6-4-8(2)5-7-9;1-2/h6-7,9-14H,2-3,8H2,1,4-5H3;4-7H,3H2,1-2H3;1-2H3/b14-6-,16-9+;;. The first-order valence-corrected chi connectivity index (χ1v) is 10.9. The third-order valence-electron chi connectivity index (χ3n) is 4.41. The highest BCUT2D eigenvalue weighted by molar-refractivity contribution is 5.66. The van der Waals surface area contributed by atoms with Crippen LogP contribution in [0.2, 0.25) is 0 Å². The minimum Gasteiger partial charge on any atom is -0.325 e. The quantitative estimate of drug-likeness (QED) is 0.416. The van der Waals surface area contributed by atoms with Crippen molar-refractivity contribution in [3.05, 3.63) is 109 Å². The second-order valence-electron chi connectivity index (χ2n) is 7.01. The molecule has 0 amide bonds. The molecule has 0 radical (unpaired) electrons. The van der Waals surface area contributed by atoms with Gasteiger partial charge in [0, 0.05) is 18.1 Å².